The summed E-state index contributed by atoms with van der Waals surface area (Å²) in [7, 11) is 8.66. The molecule has 0 aromatic heterocycles. The Kier molecular flexibility index (Phi) is 15.6. The lowest BCUT2D eigenvalue weighted by Gasteiger charge is -2.42. The lowest BCUT2D eigenvalue weighted by Crippen LogP contribution is -2.63. The molecule has 3 N–H and O–H groups in total. The fourth-order valence-electron chi connectivity index (χ4n) is 6.77. The predicted molar refractivity (Wildman–Crippen MR) is 213 cm³/mol. The second-order valence-electron chi connectivity index (χ2n) is 14.4. The van der Waals surface area contributed by atoms with Crippen LogP contribution in [0.1, 0.15) is 58.9 Å². The van der Waals surface area contributed by atoms with Crippen LogP contribution in [0.2, 0.25) is 5.02 Å². The van der Waals surface area contributed by atoms with E-state index in [1.54, 1.807) is 45.2 Å². The number of anilines is 1. The number of hydrogen-bond donors (Lipinski definition) is 3. The lowest BCUT2D eigenvalue weighted by atomic mass is 9.83. The zero-order valence-corrected chi connectivity index (χ0v) is 35.3. The number of halogens is 1. The van der Waals surface area contributed by atoms with Gasteiger partial charge in [-0.05, 0) is 44.9 Å². The topological polar surface area (TPSA) is 194 Å². The molecule has 4 bridgehead atoms. The van der Waals surface area contributed by atoms with Gasteiger partial charge in [-0.2, -0.15) is 0 Å². The van der Waals surface area contributed by atoms with Gasteiger partial charge in [0.25, 0.3) is 0 Å². The van der Waals surface area contributed by atoms with Crippen LogP contribution in [0.15, 0.2) is 35.9 Å². The van der Waals surface area contributed by atoms with Crippen molar-refractivity contribution in [2.24, 2.45) is 5.92 Å². The highest BCUT2D eigenvalue weighted by Crippen LogP contribution is 2.49. The summed E-state index contributed by atoms with van der Waals surface area (Å²) in [5.74, 6) is -1.84. The van der Waals surface area contributed by atoms with E-state index in [0.717, 1.165) is 11.1 Å². The molecule has 2 fully saturated rings. The Morgan fingerprint density at radius 1 is 1.18 bits per heavy atom. The molecule has 15 nitrogen and oxygen atoms in total. The number of carbonyl (C=O) groups excluding carboxylic acids is 4. The molecule has 3 amide bonds. The first kappa shape index (κ1) is 45.2. The van der Waals surface area contributed by atoms with Crippen molar-refractivity contribution in [3.63, 3.8) is 0 Å². The van der Waals surface area contributed by atoms with E-state index in [0.29, 0.717) is 29.4 Å². The van der Waals surface area contributed by atoms with Crippen LogP contribution < -0.4 is 15.0 Å². The van der Waals surface area contributed by atoms with Gasteiger partial charge in [0.2, 0.25) is 11.8 Å². The third-order valence-electron chi connectivity index (χ3n) is 10.4. The smallest absolute Gasteiger partial charge is 0.409 e. The normalized spacial score (nSPS) is 30.1. The van der Waals surface area contributed by atoms with Gasteiger partial charge in [-0.15, -0.1) is 0 Å². The molecule has 0 aliphatic carbocycles. The second-order valence-corrected chi connectivity index (χ2v) is 17.5. The van der Waals surface area contributed by atoms with Crippen molar-refractivity contribution in [3.05, 3.63) is 46.5 Å². The number of epoxide rings is 1. The van der Waals surface area contributed by atoms with Crippen LogP contribution in [0.5, 0.6) is 5.75 Å². The van der Waals surface area contributed by atoms with Crippen molar-refractivity contribution < 1.29 is 57.9 Å². The van der Waals surface area contributed by atoms with Gasteiger partial charge in [-0.3, -0.25) is 19.7 Å². The average molecular weight is 842 g/mol. The minimum atomic E-state index is -1.85. The number of amides is 3. The molecule has 56 heavy (non-hydrogen) atoms. The number of esters is 1. The SMILES string of the molecule is COc1cc2cc(c1Cl)N(C)C(=O)C[C@H](OC(=O)[C@H](C)N(C)C(=O)CCSSCCC(=O)O)[C@]1(C)O[C@H]1C(C)[C@@H]1C[C@@](O)(NC(=O)O1)[C@H](OC)/C=C/C=C(\C)C2. The van der Waals surface area contributed by atoms with Gasteiger partial charge in [-0.25, -0.2) is 9.59 Å². The highest BCUT2D eigenvalue weighted by atomic mass is 35.5. The van der Waals surface area contributed by atoms with Gasteiger partial charge < -0.3 is 43.7 Å². The molecular weight excluding hydrogens is 790 g/mol. The molecule has 310 valence electrons. The van der Waals surface area contributed by atoms with E-state index in [1.807, 2.05) is 13.0 Å². The molecule has 0 saturated carbocycles. The fraction of sp³-hybridized carbons (Fsp3) is 0.605. The first-order valence-corrected chi connectivity index (χ1v) is 21.0. The van der Waals surface area contributed by atoms with Crippen molar-refractivity contribution >= 4 is 68.7 Å². The summed E-state index contributed by atoms with van der Waals surface area (Å²) >= 11 is 6.76. The molecule has 1 aromatic rings. The monoisotopic (exact) mass is 841 g/mol. The van der Waals surface area contributed by atoms with Gasteiger partial charge in [-0.1, -0.05) is 63.9 Å². The minimum Gasteiger partial charge on any atom is -0.495 e. The van der Waals surface area contributed by atoms with Crippen molar-refractivity contribution in [2.75, 3.05) is 44.7 Å². The van der Waals surface area contributed by atoms with Gasteiger partial charge in [0.05, 0.1) is 31.7 Å². The zero-order valence-electron chi connectivity index (χ0n) is 32.9. The Hall–Kier alpha value is -3.48. The molecule has 4 rings (SSSR count). The summed E-state index contributed by atoms with van der Waals surface area (Å²) in [6, 6.07) is 2.51. The van der Waals surface area contributed by atoms with Crippen LogP contribution in [0.3, 0.4) is 0 Å². The van der Waals surface area contributed by atoms with Crippen LogP contribution in [-0.4, -0.2) is 127 Å². The molecule has 3 aliphatic heterocycles. The molecule has 8 atom stereocenters. The molecule has 2 saturated heterocycles. The van der Waals surface area contributed by atoms with E-state index in [-0.39, 0.29) is 36.6 Å². The summed E-state index contributed by atoms with van der Waals surface area (Å²) in [5, 5.41) is 23.3. The zero-order chi connectivity index (χ0) is 41.5. The summed E-state index contributed by atoms with van der Waals surface area (Å²) in [5.41, 5.74) is -1.02. The molecule has 3 heterocycles. The number of rotatable bonds is 12. The maximum absolute atomic E-state index is 14.2. The van der Waals surface area contributed by atoms with Crippen molar-refractivity contribution in [1.82, 2.24) is 10.2 Å². The molecular formula is C38H52ClN3O12S2. The van der Waals surface area contributed by atoms with Crippen LogP contribution >= 0.6 is 33.2 Å². The van der Waals surface area contributed by atoms with E-state index >= 15 is 0 Å². The molecule has 1 aromatic carbocycles. The standard InChI is InChI=1S/C38H52ClN3O12S2/c1-21-10-9-11-28(51-8)38(49)20-27(52-36(48)40-38)22(2)34-37(4,54-34)29(19-31(44)42(6)25-17-24(16-21)18-26(50-7)33(25)39)53-35(47)23(3)41(5)30(43)12-14-55-56-15-13-32(45)46/h9-11,17-18,22-23,27-29,34,49H,12-16,19-20H2,1-8H3,(H,40,48)(H,45,46)/b11-9+,21-10+/t22?,23-,27-,28+,29-,34-,37-,38-/m0/s1. The Bertz CT molecular complexity index is 1710. The number of fused-ring (bicyclic) bond motifs is 5. The summed E-state index contributed by atoms with van der Waals surface area (Å²) in [6.45, 7) is 6.91. The van der Waals surface area contributed by atoms with E-state index in [1.165, 1.54) is 59.6 Å². The van der Waals surface area contributed by atoms with Gasteiger partial charge in [0.1, 0.15) is 40.7 Å². The molecule has 0 spiro atoms. The van der Waals surface area contributed by atoms with Gasteiger partial charge in [0, 0.05) is 51.5 Å². The number of nitrogens with one attached hydrogen (secondary N) is 1. The Morgan fingerprint density at radius 3 is 2.50 bits per heavy atom. The summed E-state index contributed by atoms with van der Waals surface area (Å²) in [6.07, 6.45) is 0.817. The quantitative estimate of drug-likeness (QED) is 0.113. The number of allylic oxidation sites excluding steroid dienone is 3. The van der Waals surface area contributed by atoms with E-state index < -0.39 is 71.6 Å². The van der Waals surface area contributed by atoms with Crippen molar-refractivity contribution in [3.8, 4) is 5.75 Å². The number of alkyl carbamates (subject to hydrolysis) is 1. The molecule has 3 aliphatic rings. The number of carboxylic acid groups (broad SMARTS) is 1. The van der Waals surface area contributed by atoms with Crippen LogP contribution in [0.25, 0.3) is 0 Å². The Balaban J connectivity index is 1.66. The van der Waals surface area contributed by atoms with E-state index in [2.05, 4.69) is 5.32 Å². The number of likely N-dealkylation sites (N-methyl/N-ethyl adjacent to an activating group) is 1. The van der Waals surface area contributed by atoms with Crippen LogP contribution in [0, 0.1) is 5.92 Å². The number of ether oxygens (including phenoxy) is 5. The number of benzene rings is 1. The maximum Gasteiger partial charge on any atom is 0.409 e. The Morgan fingerprint density at radius 2 is 1.86 bits per heavy atom. The van der Waals surface area contributed by atoms with Crippen LogP contribution in [-0.2, 0) is 44.5 Å². The van der Waals surface area contributed by atoms with Crippen molar-refractivity contribution in [2.45, 2.75) is 102 Å². The second kappa shape index (κ2) is 19.3. The van der Waals surface area contributed by atoms with Crippen molar-refractivity contribution in [1.29, 1.82) is 0 Å². The molecule has 0 radical (unpaired) electrons. The third-order valence-corrected chi connectivity index (χ3v) is 13.2. The lowest BCUT2D eigenvalue weighted by molar-refractivity contribution is -0.162. The average Bonchev–Trinajstić information content (AvgIpc) is 3.84. The number of carboxylic acids is 1. The highest BCUT2D eigenvalue weighted by molar-refractivity contribution is 8.76. The number of hydrogen-bond acceptors (Lipinski definition) is 13. The fourth-order valence-corrected chi connectivity index (χ4v) is 9.04. The molecule has 18 heteroatoms. The predicted octanol–water partition coefficient (Wildman–Crippen LogP) is 4.76. The largest absolute Gasteiger partial charge is 0.495 e. The third kappa shape index (κ3) is 10.9. The summed E-state index contributed by atoms with van der Waals surface area (Å²) in [4.78, 5) is 67.2. The van der Waals surface area contributed by atoms with Gasteiger partial charge in [0.15, 0.2) is 5.72 Å². The Labute approximate surface area is 340 Å². The number of carbonyl (C=O) groups is 5. The van der Waals surface area contributed by atoms with Crippen LogP contribution in [0.4, 0.5) is 10.5 Å². The first-order valence-electron chi connectivity index (χ1n) is 18.2. The number of nitrogens with zero attached hydrogens (tertiary/aromatic N) is 2. The highest BCUT2D eigenvalue weighted by Gasteiger charge is 2.64. The number of aliphatic hydroxyl groups is 1. The van der Waals surface area contributed by atoms with E-state index in [9.17, 15) is 29.1 Å². The maximum atomic E-state index is 14.2. The van der Waals surface area contributed by atoms with Gasteiger partial charge >= 0.3 is 18.0 Å². The number of methoxy groups -OCH3 is 2. The number of aliphatic carboxylic acids is 1. The first-order chi connectivity index (χ1) is 26.3. The molecule has 1 unspecified atom stereocenters. The minimum absolute atomic E-state index is 0.0120. The van der Waals surface area contributed by atoms with E-state index in [4.69, 9.17) is 40.4 Å². The summed E-state index contributed by atoms with van der Waals surface area (Å²) < 4.78 is 29.2.